The van der Waals surface area contributed by atoms with Crippen LogP contribution < -0.4 is 0 Å². The van der Waals surface area contributed by atoms with Crippen molar-refractivity contribution >= 4 is 16.9 Å². The Labute approximate surface area is 230 Å². The number of halogens is 6. The molecule has 3 aromatic heterocycles. The van der Waals surface area contributed by atoms with Crippen molar-refractivity contribution < 1.29 is 31.1 Å². The molecule has 1 N–H and O–H groups in total. The number of amides is 1. The van der Waals surface area contributed by atoms with Crippen LogP contribution in [0.4, 0.5) is 26.3 Å². The predicted molar refractivity (Wildman–Crippen MR) is 136 cm³/mol. The molecule has 0 radical (unpaired) electrons. The summed E-state index contributed by atoms with van der Waals surface area (Å²) in [4.78, 5) is 34.8. The number of alkyl halides is 6. The van der Waals surface area contributed by atoms with Crippen LogP contribution in [0.15, 0.2) is 42.9 Å². The van der Waals surface area contributed by atoms with Crippen molar-refractivity contribution in [2.24, 2.45) is 0 Å². The molecule has 0 unspecified atom stereocenters. The van der Waals surface area contributed by atoms with E-state index in [1.165, 1.54) is 11.8 Å². The minimum atomic E-state index is -4.58. The molecule has 0 saturated carbocycles. The average Bonchev–Trinajstić information content (AvgIpc) is 3.29. The molecule has 216 valence electrons. The zero-order valence-electron chi connectivity index (χ0n) is 21.9. The summed E-state index contributed by atoms with van der Waals surface area (Å²) in [7, 11) is 0. The van der Waals surface area contributed by atoms with Gasteiger partial charge < -0.3 is 9.88 Å². The third-order valence-electron chi connectivity index (χ3n) is 6.87. The second kappa shape index (κ2) is 11.1. The van der Waals surface area contributed by atoms with Gasteiger partial charge in [0.1, 0.15) is 18.6 Å². The lowest BCUT2D eigenvalue weighted by molar-refractivity contribution is -0.162. The largest absolute Gasteiger partial charge is 0.433 e. The van der Waals surface area contributed by atoms with E-state index < -0.39 is 30.4 Å². The number of nitrogens with zero attached hydrogens (tertiary/aromatic N) is 6. The summed E-state index contributed by atoms with van der Waals surface area (Å²) in [5.74, 6) is -0.284. The highest BCUT2D eigenvalue weighted by molar-refractivity contribution is 5.82. The van der Waals surface area contributed by atoms with Gasteiger partial charge in [-0.3, -0.25) is 14.7 Å². The van der Waals surface area contributed by atoms with Crippen LogP contribution in [0.25, 0.3) is 22.3 Å². The van der Waals surface area contributed by atoms with Crippen molar-refractivity contribution in [2.75, 3.05) is 26.2 Å². The maximum absolute atomic E-state index is 13.3. The number of rotatable bonds is 6. The van der Waals surface area contributed by atoms with Gasteiger partial charge in [-0.05, 0) is 36.8 Å². The Balaban J connectivity index is 1.25. The van der Waals surface area contributed by atoms with Crippen LogP contribution in [0.2, 0.25) is 0 Å². The smallest absolute Gasteiger partial charge is 0.342 e. The first kappa shape index (κ1) is 28.5. The maximum atomic E-state index is 13.3. The minimum Gasteiger partial charge on any atom is -0.342 e. The molecule has 0 spiro atoms. The summed E-state index contributed by atoms with van der Waals surface area (Å²) in [6.45, 7) is 3.29. The fourth-order valence-electron chi connectivity index (χ4n) is 4.91. The fourth-order valence-corrected chi connectivity index (χ4v) is 4.91. The number of H-pyrrole nitrogens is 1. The molecule has 1 amide bonds. The lowest BCUT2D eigenvalue weighted by atomic mass is 10.0. The molecular formula is C27H25F6N7O. The summed E-state index contributed by atoms with van der Waals surface area (Å²) >= 11 is 0. The molecule has 14 heteroatoms. The van der Waals surface area contributed by atoms with E-state index in [4.69, 9.17) is 0 Å². The van der Waals surface area contributed by atoms with Crippen LogP contribution in [-0.4, -0.2) is 73.0 Å². The Hall–Kier alpha value is -4.07. The number of aromatic nitrogens is 5. The van der Waals surface area contributed by atoms with Gasteiger partial charge in [0.2, 0.25) is 5.91 Å². The van der Waals surface area contributed by atoms with Crippen molar-refractivity contribution in [3.8, 4) is 11.3 Å². The topological polar surface area (TPSA) is 90.9 Å². The Morgan fingerprint density at radius 2 is 1.73 bits per heavy atom. The normalized spacial score (nSPS) is 15.0. The maximum Gasteiger partial charge on any atom is 0.433 e. The average molecular weight is 578 g/mol. The van der Waals surface area contributed by atoms with Gasteiger partial charge in [0, 0.05) is 62.2 Å². The number of nitrogens with one attached hydrogen (secondary N) is 1. The van der Waals surface area contributed by atoms with Crippen LogP contribution in [0, 0.1) is 6.92 Å². The number of pyridine rings is 1. The first-order valence-corrected chi connectivity index (χ1v) is 12.7. The number of hydrogen-bond acceptors (Lipinski definition) is 6. The van der Waals surface area contributed by atoms with Gasteiger partial charge in [-0.15, -0.1) is 0 Å². The highest BCUT2D eigenvalue weighted by Crippen LogP contribution is 2.34. The molecule has 1 aromatic carbocycles. The van der Waals surface area contributed by atoms with Crippen LogP contribution in [0.1, 0.15) is 34.8 Å². The zero-order valence-corrected chi connectivity index (χ0v) is 21.9. The number of hydrogen-bond donors (Lipinski definition) is 1. The van der Waals surface area contributed by atoms with Gasteiger partial charge in [-0.1, -0.05) is 6.07 Å². The van der Waals surface area contributed by atoms with E-state index in [-0.39, 0.29) is 24.3 Å². The van der Waals surface area contributed by atoms with E-state index in [2.05, 4.69) is 29.8 Å². The van der Waals surface area contributed by atoms with E-state index in [1.54, 1.807) is 24.4 Å². The Morgan fingerprint density at radius 3 is 2.44 bits per heavy atom. The Kier molecular flexibility index (Phi) is 7.68. The number of imidazole rings is 1. The molecule has 1 fully saturated rings. The van der Waals surface area contributed by atoms with Crippen LogP contribution in [-0.2, 0) is 23.9 Å². The Morgan fingerprint density at radius 1 is 0.976 bits per heavy atom. The zero-order chi connectivity index (χ0) is 29.4. The number of carbonyl (C=O) groups excluding carboxylic acids is 1. The van der Waals surface area contributed by atoms with Gasteiger partial charge in [0.05, 0.1) is 16.7 Å². The summed E-state index contributed by atoms with van der Waals surface area (Å²) < 4.78 is 77.5. The van der Waals surface area contributed by atoms with Crippen LogP contribution >= 0.6 is 0 Å². The number of fused-ring (bicyclic) bond motifs is 1. The van der Waals surface area contributed by atoms with E-state index >= 15 is 0 Å². The summed E-state index contributed by atoms with van der Waals surface area (Å²) in [6.07, 6.45) is -7.59. The van der Waals surface area contributed by atoms with Crippen molar-refractivity contribution in [3.05, 3.63) is 71.2 Å². The van der Waals surface area contributed by atoms with E-state index in [1.807, 2.05) is 12.1 Å². The standard InChI is InChI=1S/C27H25F6N7O/c1-16-24(35-15-36-25(16)27(31,32)33)18-2-3-20-21(11-18)38-22(37-20)12-19-10-17(4-5-34-19)14-39-6-8-40(9-7-39)23(41)13-26(28,29)30/h2-5,10-11,15H,6-9,12-14H2,1H3,(H,37,38). The van der Waals surface area contributed by atoms with Crippen molar-refractivity contribution in [1.29, 1.82) is 0 Å². The number of aromatic amines is 1. The molecule has 1 aliphatic rings. The summed E-state index contributed by atoms with van der Waals surface area (Å²) in [5, 5.41) is 0. The van der Waals surface area contributed by atoms with E-state index in [0.29, 0.717) is 48.5 Å². The van der Waals surface area contributed by atoms with Crippen molar-refractivity contribution in [1.82, 2.24) is 34.7 Å². The molecule has 0 aliphatic carbocycles. The van der Waals surface area contributed by atoms with Crippen LogP contribution in [0.3, 0.4) is 0 Å². The lowest BCUT2D eigenvalue weighted by Gasteiger charge is -2.35. The molecular weight excluding hydrogens is 552 g/mol. The molecule has 0 bridgehead atoms. The van der Waals surface area contributed by atoms with E-state index in [0.717, 1.165) is 17.6 Å². The quantitative estimate of drug-likeness (QED) is 0.327. The van der Waals surface area contributed by atoms with E-state index in [9.17, 15) is 31.1 Å². The number of benzene rings is 1. The highest BCUT2D eigenvalue weighted by atomic mass is 19.4. The molecule has 1 saturated heterocycles. The molecule has 5 rings (SSSR count). The monoisotopic (exact) mass is 577 g/mol. The van der Waals surface area contributed by atoms with Gasteiger partial charge >= 0.3 is 12.4 Å². The third kappa shape index (κ3) is 6.81. The first-order chi connectivity index (χ1) is 19.4. The van der Waals surface area contributed by atoms with Gasteiger partial charge in [-0.2, -0.15) is 26.3 Å². The van der Waals surface area contributed by atoms with Crippen molar-refractivity contribution in [2.45, 2.75) is 38.7 Å². The highest BCUT2D eigenvalue weighted by Gasteiger charge is 2.36. The predicted octanol–water partition coefficient (Wildman–Crippen LogP) is 4.93. The molecule has 4 aromatic rings. The number of carbonyl (C=O) groups is 1. The summed E-state index contributed by atoms with van der Waals surface area (Å²) in [5.41, 5.74) is 2.62. The Bertz CT molecular complexity index is 1560. The molecule has 8 nitrogen and oxygen atoms in total. The van der Waals surface area contributed by atoms with Crippen LogP contribution in [0.5, 0.6) is 0 Å². The lowest BCUT2D eigenvalue weighted by Crippen LogP contribution is -2.49. The fraction of sp³-hybridized carbons (Fsp3) is 0.370. The molecule has 41 heavy (non-hydrogen) atoms. The second-order valence-corrected chi connectivity index (χ2v) is 9.89. The molecule has 1 aliphatic heterocycles. The second-order valence-electron chi connectivity index (χ2n) is 9.89. The molecule has 0 atom stereocenters. The third-order valence-corrected chi connectivity index (χ3v) is 6.87. The van der Waals surface area contributed by atoms with Gasteiger partial charge in [0.25, 0.3) is 0 Å². The van der Waals surface area contributed by atoms with Crippen molar-refractivity contribution in [3.63, 3.8) is 0 Å². The first-order valence-electron chi connectivity index (χ1n) is 12.7. The summed E-state index contributed by atoms with van der Waals surface area (Å²) in [6, 6.07) is 8.85. The van der Waals surface area contributed by atoms with Gasteiger partial charge in [0.15, 0.2) is 5.69 Å². The number of piperazine rings is 1. The minimum absolute atomic E-state index is 0.0607. The SMILES string of the molecule is Cc1c(-c2ccc3nc(Cc4cc(CN5CCN(C(=O)CC(F)(F)F)CC5)ccn4)[nH]c3c2)ncnc1C(F)(F)F. The molecule has 4 heterocycles. The van der Waals surface area contributed by atoms with Gasteiger partial charge in [-0.25, -0.2) is 15.0 Å².